The Kier molecular flexibility index (Phi) is 3.96. The topological polar surface area (TPSA) is 29.5 Å². The highest BCUT2D eigenvalue weighted by atomic mass is 16.5. The van der Waals surface area contributed by atoms with Gasteiger partial charge in [-0.3, -0.25) is 0 Å². The third-order valence-corrected chi connectivity index (χ3v) is 2.34. The zero-order valence-corrected chi connectivity index (χ0v) is 9.08. The molecule has 0 spiro atoms. The van der Waals surface area contributed by atoms with Crippen LogP contribution in [-0.4, -0.2) is 18.3 Å². The largest absolute Gasteiger partial charge is 0.493 e. The molecule has 1 atom stereocenters. The Labute approximate surface area is 85.5 Å². The number of aryl methyl sites for hydroxylation is 1. The molecule has 0 aliphatic rings. The highest BCUT2D eigenvalue weighted by molar-refractivity contribution is 5.42. The van der Waals surface area contributed by atoms with Gasteiger partial charge in [0.1, 0.15) is 5.75 Å². The number of para-hydroxylation sites is 1. The summed E-state index contributed by atoms with van der Waals surface area (Å²) in [6, 6.07) is 6.04. The number of benzene rings is 1. The van der Waals surface area contributed by atoms with E-state index < -0.39 is 0 Å². The molecular formula is C12H18O2. The lowest BCUT2D eigenvalue weighted by Gasteiger charge is -2.16. The molecule has 0 aliphatic carbocycles. The molecule has 0 amide bonds. The number of aliphatic hydroxyl groups excluding tert-OH is 1. The first-order valence-electron chi connectivity index (χ1n) is 5.03. The highest BCUT2D eigenvalue weighted by Crippen LogP contribution is 2.29. The molecule has 0 radical (unpaired) electrons. The molecule has 14 heavy (non-hydrogen) atoms. The summed E-state index contributed by atoms with van der Waals surface area (Å²) in [7, 11) is 0. The average molecular weight is 194 g/mol. The van der Waals surface area contributed by atoms with E-state index in [1.807, 2.05) is 39.0 Å². The molecule has 0 heterocycles. The fraction of sp³-hybridized carbons (Fsp3) is 0.500. The fourth-order valence-corrected chi connectivity index (χ4v) is 1.50. The molecular weight excluding hydrogens is 176 g/mol. The Morgan fingerprint density at radius 3 is 2.71 bits per heavy atom. The van der Waals surface area contributed by atoms with Gasteiger partial charge in [-0.05, 0) is 25.0 Å². The number of aliphatic hydroxyl groups is 1. The minimum Gasteiger partial charge on any atom is -0.493 e. The van der Waals surface area contributed by atoms with Crippen LogP contribution in [0.25, 0.3) is 0 Å². The minimum absolute atomic E-state index is 0.136. The van der Waals surface area contributed by atoms with Gasteiger partial charge in [-0.25, -0.2) is 0 Å². The van der Waals surface area contributed by atoms with Gasteiger partial charge in [0, 0.05) is 12.5 Å². The van der Waals surface area contributed by atoms with Crippen molar-refractivity contribution in [1.29, 1.82) is 0 Å². The Morgan fingerprint density at radius 1 is 1.43 bits per heavy atom. The molecule has 0 saturated carbocycles. The van der Waals surface area contributed by atoms with Crippen LogP contribution < -0.4 is 4.74 Å². The molecule has 1 rings (SSSR count). The zero-order chi connectivity index (χ0) is 10.6. The van der Waals surface area contributed by atoms with Crippen LogP contribution in [0, 0.1) is 6.92 Å². The SMILES string of the molecule is CCOc1c(C)cccc1C(C)CO. The van der Waals surface area contributed by atoms with Crippen LogP contribution in [0.5, 0.6) is 5.75 Å². The second-order valence-corrected chi connectivity index (χ2v) is 3.51. The zero-order valence-electron chi connectivity index (χ0n) is 9.08. The van der Waals surface area contributed by atoms with Gasteiger partial charge < -0.3 is 9.84 Å². The first-order chi connectivity index (χ1) is 6.70. The van der Waals surface area contributed by atoms with Crippen molar-refractivity contribution in [2.75, 3.05) is 13.2 Å². The summed E-state index contributed by atoms with van der Waals surface area (Å²) in [5, 5.41) is 9.12. The molecule has 0 aromatic heterocycles. The van der Waals surface area contributed by atoms with Gasteiger partial charge in [0.25, 0.3) is 0 Å². The van der Waals surface area contributed by atoms with Crippen LogP contribution in [-0.2, 0) is 0 Å². The van der Waals surface area contributed by atoms with Crippen molar-refractivity contribution in [2.24, 2.45) is 0 Å². The molecule has 2 heteroatoms. The summed E-state index contributed by atoms with van der Waals surface area (Å²) in [4.78, 5) is 0. The summed E-state index contributed by atoms with van der Waals surface area (Å²) < 4.78 is 5.58. The van der Waals surface area contributed by atoms with Gasteiger partial charge in [-0.1, -0.05) is 25.1 Å². The van der Waals surface area contributed by atoms with E-state index in [0.717, 1.165) is 16.9 Å². The predicted octanol–water partition coefficient (Wildman–Crippen LogP) is 2.49. The van der Waals surface area contributed by atoms with E-state index in [-0.39, 0.29) is 12.5 Å². The van der Waals surface area contributed by atoms with Crippen LogP contribution >= 0.6 is 0 Å². The Morgan fingerprint density at radius 2 is 2.14 bits per heavy atom. The number of ether oxygens (including phenoxy) is 1. The third-order valence-electron chi connectivity index (χ3n) is 2.34. The predicted molar refractivity (Wildman–Crippen MR) is 57.8 cm³/mol. The third kappa shape index (κ3) is 2.26. The molecule has 0 bridgehead atoms. The molecule has 1 unspecified atom stereocenters. The van der Waals surface area contributed by atoms with Crippen LogP contribution in [0.2, 0.25) is 0 Å². The van der Waals surface area contributed by atoms with E-state index in [2.05, 4.69) is 0 Å². The Bertz CT molecular complexity index is 294. The molecule has 1 aromatic carbocycles. The summed E-state index contributed by atoms with van der Waals surface area (Å²) in [5.41, 5.74) is 2.22. The molecule has 2 nitrogen and oxygen atoms in total. The van der Waals surface area contributed by atoms with E-state index >= 15 is 0 Å². The van der Waals surface area contributed by atoms with Crippen LogP contribution in [0.15, 0.2) is 18.2 Å². The van der Waals surface area contributed by atoms with Crippen molar-refractivity contribution in [2.45, 2.75) is 26.7 Å². The highest BCUT2D eigenvalue weighted by Gasteiger charge is 2.12. The number of hydrogen-bond donors (Lipinski definition) is 1. The van der Waals surface area contributed by atoms with Crippen molar-refractivity contribution >= 4 is 0 Å². The summed E-state index contributed by atoms with van der Waals surface area (Å²) >= 11 is 0. The van der Waals surface area contributed by atoms with Gasteiger partial charge in [-0.15, -0.1) is 0 Å². The van der Waals surface area contributed by atoms with Crippen molar-refractivity contribution in [3.8, 4) is 5.75 Å². The Balaban J connectivity index is 3.07. The van der Waals surface area contributed by atoms with Gasteiger partial charge in [-0.2, -0.15) is 0 Å². The summed E-state index contributed by atoms with van der Waals surface area (Å²) in [6.07, 6.45) is 0. The van der Waals surface area contributed by atoms with E-state index in [1.165, 1.54) is 0 Å². The first kappa shape index (κ1) is 11.1. The van der Waals surface area contributed by atoms with Crippen molar-refractivity contribution in [3.63, 3.8) is 0 Å². The molecule has 1 N–H and O–H groups in total. The summed E-state index contributed by atoms with van der Waals surface area (Å²) in [5.74, 6) is 1.06. The van der Waals surface area contributed by atoms with Gasteiger partial charge in [0.2, 0.25) is 0 Å². The van der Waals surface area contributed by atoms with Gasteiger partial charge >= 0.3 is 0 Å². The van der Waals surface area contributed by atoms with Crippen molar-refractivity contribution < 1.29 is 9.84 Å². The Hall–Kier alpha value is -1.02. The second-order valence-electron chi connectivity index (χ2n) is 3.51. The van der Waals surface area contributed by atoms with Crippen molar-refractivity contribution in [3.05, 3.63) is 29.3 Å². The monoisotopic (exact) mass is 194 g/mol. The quantitative estimate of drug-likeness (QED) is 0.798. The lowest BCUT2D eigenvalue weighted by molar-refractivity contribution is 0.266. The van der Waals surface area contributed by atoms with Gasteiger partial charge in [0.15, 0.2) is 0 Å². The molecule has 0 aliphatic heterocycles. The van der Waals surface area contributed by atoms with Crippen LogP contribution in [0.1, 0.15) is 30.9 Å². The maximum Gasteiger partial charge on any atom is 0.125 e. The van der Waals surface area contributed by atoms with E-state index in [1.54, 1.807) is 0 Å². The first-order valence-corrected chi connectivity index (χ1v) is 5.03. The van der Waals surface area contributed by atoms with Crippen LogP contribution in [0.3, 0.4) is 0 Å². The normalized spacial score (nSPS) is 12.6. The number of hydrogen-bond acceptors (Lipinski definition) is 2. The average Bonchev–Trinajstić information content (AvgIpc) is 2.20. The lowest BCUT2D eigenvalue weighted by Crippen LogP contribution is -2.04. The van der Waals surface area contributed by atoms with Crippen LogP contribution in [0.4, 0.5) is 0 Å². The molecule has 1 aromatic rings. The summed E-state index contributed by atoms with van der Waals surface area (Å²) in [6.45, 7) is 6.81. The van der Waals surface area contributed by atoms with E-state index in [0.29, 0.717) is 6.61 Å². The second kappa shape index (κ2) is 5.01. The van der Waals surface area contributed by atoms with E-state index in [9.17, 15) is 0 Å². The minimum atomic E-state index is 0.136. The maximum atomic E-state index is 9.12. The smallest absolute Gasteiger partial charge is 0.125 e. The number of rotatable bonds is 4. The standard InChI is InChI=1S/C12H18O2/c1-4-14-12-9(2)6-5-7-11(12)10(3)8-13/h5-7,10,13H,4,8H2,1-3H3. The molecule has 0 fully saturated rings. The molecule has 0 saturated heterocycles. The molecule has 78 valence electrons. The van der Waals surface area contributed by atoms with Gasteiger partial charge in [0.05, 0.1) is 6.61 Å². The fourth-order valence-electron chi connectivity index (χ4n) is 1.50. The van der Waals surface area contributed by atoms with E-state index in [4.69, 9.17) is 9.84 Å². The lowest BCUT2D eigenvalue weighted by atomic mass is 9.98. The maximum absolute atomic E-state index is 9.12. The van der Waals surface area contributed by atoms with Crippen molar-refractivity contribution in [1.82, 2.24) is 0 Å².